The lowest BCUT2D eigenvalue weighted by Gasteiger charge is -2.44. The van der Waals surface area contributed by atoms with Crippen LogP contribution in [0.2, 0.25) is 0 Å². The van der Waals surface area contributed by atoms with Crippen molar-refractivity contribution in [1.29, 1.82) is 5.41 Å². The van der Waals surface area contributed by atoms with Gasteiger partial charge in [-0.1, -0.05) is 65.1 Å². The molecule has 0 saturated carbocycles. The molecule has 34 heavy (non-hydrogen) atoms. The number of rotatable bonds is 8. The third kappa shape index (κ3) is 8.59. The minimum absolute atomic E-state index is 0.154. The van der Waals surface area contributed by atoms with Crippen molar-refractivity contribution in [2.24, 2.45) is 0 Å². The summed E-state index contributed by atoms with van der Waals surface area (Å²) in [5, 5.41) is 7.87. The maximum absolute atomic E-state index is 11.8. The van der Waals surface area contributed by atoms with Gasteiger partial charge in [0.2, 0.25) is 18.3 Å². The summed E-state index contributed by atoms with van der Waals surface area (Å²) in [4.78, 5) is 35.4. The van der Waals surface area contributed by atoms with Crippen LogP contribution < -0.4 is 0 Å². The van der Waals surface area contributed by atoms with Crippen molar-refractivity contribution >= 4 is 58.6 Å². The predicted molar refractivity (Wildman–Crippen MR) is 121 cm³/mol. The van der Waals surface area contributed by atoms with E-state index in [1.807, 2.05) is 30.3 Å². The van der Waals surface area contributed by atoms with E-state index in [2.05, 4.69) is 0 Å². The number of carbonyl (C=O) groups excluding carboxylic acids is 3. The highest BCUT2D eigenvalue weighted by atomic mass is 35.6. The average molecular weight is 541 g/mol. The van der Waals surface area contributed by atoms with E-state index in [9.17, 15) is 14.4 Å². The van der Waals surface area contributed by atoms with Crippen LogP contribution >= 0.6 is 34.8 Å². The third-order valence-corrected chi connectivity index (χ3v) is 4.90. The van der Waals surface area contributed by atoms with Gasteiger partial charge in [-0.25, -0.2) is 0 Å². The van der Waals surface area contributed by atoms with Crippen LogP contribution in [0.25, 0.3) is 0 Å². The quantitative estimate of drug-likeness (QED) is 0.174. The molecule has 1 aromatic carbocycles. The van der Waals surface area contributed by atoms with E-state index in [-0.39, 0.29) is 13.2 Å². The summed E-state index contributed by atoms with van der Waals surface area (Å²) in [5.74, 6) is -3.11. The Balaban J connectivity index is 2.35. The van der Waals surface area contributed by atoms with Crippen LogP contribution in [0, 0.1) is 5.41 Å². The van der Waals surface area contributed by atoms with Crippen molar-refractivity contribution in [1.82, 2.24) is 0 Å². The molecule has 1 fully saturated rings. The van der Waals surface area contributed by atoms with E-state index < -0.39 is 58.3 Å². The first-order chi connectivity index (χ1) is 15.9. The van der Waals surface area contributed by atoms with Gasteiger partial charge in [0.05, 0.1) is 13.2 Å². The van der Waals surface area contributed by atoms with Gasteiger partial charge in [-0.05, 0) is 5.56 Å². The van der Waals surface area contributed by atoms with Gasteiger partial charge >= 0.3 is 17.9 Å². The number of esters is 3. The smallest absolute Gasteiger partial charge is 0.303 e. The van der Waals surface area contributed by atoms with Crippen LogP contribution in [0.3, 0.4) is 0 Å². The summed E-state index contributed by atoms with van der Waals surface area (Å²) in [5.41, 5.74) is 0.863. The van der Waals surface area contributed by atoms with Crippen LogP contribution in [0.1, 0.15) is 26.3 Å². The predicted octanol–water partition coefficient (Wildman–Crippen LogP) is 3.09. The second-order valence-electron chi connectivity index (χ2n) is 7.21. The molecule has 0 spiro atoms. The average Bonchev–Trinajstić information content (AvgIpc) is 2.72. The van der Waals surface area contributed by atoms with Gasteiger partial charge in [0.1, 0.15) is 6.10 Å². The number of benzene rings is 1. The Labute approximate surface area is 211 Å². The molecule has 0 amide bonds. The first-order valence-corrected chi connectivity index (χ1v) is 11.1. The Morgan fingerprint density at radius 1 is 0.882 bits per heavy atom. The fourth-order valence-electron chi connectivity index (χ4n) is 3.13. The Morgan fingerprint density at radius 3 is 1.94 bits per heavy atom. The molecule has 188 valence electrons. The molecule has 10 nitrogen and oxygen atoms in total. The summed E-state index contributed by atoms with van der Waals surface area (Å²) in [6.07, 6.45) is -6.73. The first-order valence-electron chi connectivity index (χ1n) is 9.99. The lowest BCUT2D eigenvalue weighted by molar-refractivity contribution is -0.293. The van der Waals surface area contributed by atoms with Crippen molar-refractivity contribution in [3.8, 4) is 0 Å². The van der Waals surface area contributed by atoms with Crippen LogP contribution in [-0.4, -0.2) is 64.9 Å². The SMILES string of the molecule is CC(=O)O[C@@H]1[C@H](OC(C)=O)[C@@H](OC(C)=O)C(OC(=N)C(Cl)(Cl)Cl)O[C@@H]1COCc1ccccc1. The summed E-state index contributed by atoms with van der Waals surface area (Å²) in [6, 6.07) is 9.22. The molecule has 1 unspecified atom stereocenters. The minimum atomic E-state index is -2.26. The van der Waals surface area contributed by atoms with E-state index in [1.54, 1.807) is 0 Å². The Morgan fingerprint density at radius 2 is 1.41 bits per heavy atom. The molecule has 1 saturated heterocycles. The molecule has 0 aliphatic carbocycles. The fraction of sp³-hybridized carbons (Fsp3) is 0.524. The Bertz CT molecular complexity index is 878. The molecule has 1 aliphatic heterocycles. The van der Waals surface area contributed by atoms with E-state index in [4.69, 9.17) is 68.6 Å². The monoisotopic (exact) mass is 539 g/mol. The second-order valence-corrected chi connectivity index (χ2v) is 9.49. The lowest BCUT2D eigenvalue weighted by atomic mass is 9.98. The number of halogens is 3. The van der Waals surface area contributed by atoms with Gasteiger partial charge in [0, 0.05) is 20.8 Å². The molecule has 2 rings (SSSR count). The van der Waals surface area contributed by atoms with E-state index in [0.717, 1.165) is 26.3 Å². The molecule has 1 aromatic rings. The van der Waals surface area contributed by atoms with Crippen molar-refractivity contribution < 1.29 is 42.8 Å². The zero-order valence-corrected chi connectivity index (χ0v) is 20.8. The number of carbonyl (C=O) groups is 3. The molecule has 5 atom stereocenters. The second kappa shape index (κ2) is 12.6. The van der Waals surface area contributed by atoms with Crippen molar-refractivity contribution in [3.63, 3.8) is 0 Å². The Kier molecular flexibility index (Phi) is 10.4. The standard InChI is InChI=1S/C21H24Cl3NO9/c1-11(26)30-16-15(10-29-9-14-7-5-4-6-8-14)33-19(34-20(25)21(22,23)24)18(32-13(3)28)17(16)31-12(2)27/h4-8,15-19,25H,9-10H2,1-3H3/t15-,16+,17+,18-,19?/m1/s1. The van der Waals surface area contributed by atoms with Crippen molar-refractivity contribution in [2.75, 3.05) is 6.61 Å². The van der Waals surface area contributed by atoms with Crippen molar-refractivity contribution in [3.05, 3.63) is 35.9 Å². The number of nitrogens with one attached hydrogen (secondary N) is 1. The van der Waals surface area contributed by atoms with Gasteiger partial charge in [-0.15, -0.1) is 0 Å². The van der Waals surface area contributed by atoms with Gasteiger partial charge in [-0.3, -0.25) is 19.8 Å². The van der Waals surface area contributed by atoms with E-state index in [1.165, 1.54) is 0 Å². The van der Waals surface area contributed by atoms with Crippen LogP contribution in [0.15, 0.2) is 30.3 Å². The van der Waals surface area contributed by atoms with Crippen molar-refractivity contribution in [2.45, 2.75) is 61.9 Å². The highest BCUT2D eigenvalue weighted by Gasteiger charge is 2.54. The van der Waals surface area contributed by atoms with E-state index >= 15 is 0 Å². The maximum Gasteiger partial charge on any atom is 0.303 e. The number of hydrogen-bond acceptors (Lipinski definition) is 10. The zero-order chi connectivity index (χ0) is 25.5. The van der Waals surface area contributed by atoms with Gasteiger partial charge in [0.25, 0.3) is 3.79 Å². The molecule has 1 N–H and O–H groups in total. The highest BCUT2D eigenvalue weighted by molar-refractivity contribution is 6.76. The molecule has 0 aromatic heterocycles. The summed E-state index contributed by atoms with van der Waals surface area (Å²) in [6.45, 7) is 3.39. The highest BCUT2D eigenvalue weighted by Crippen LogP contribution is 2.33. The normalized spacial score (nSPS) is 24.6. The largest absolute Gasteiger partial charge is 0.456 e. The van der Waals surface area contributed by atoms with Crippen LogP contribution in [-0.2, 0) is 49.4 Å². The summed E-state index contributed by atoms with van der Waals surface area (Å²) < 4.78 is 30.5. The van der Waals surface area contributed by atoms with E-state index in [0.29, 0.717) is 0 Å². The molecular weight excluding hydrogens is 517 g/mol. The maximum atomic E-state index is 11.8. The summed E-state index contributed by atoms with van der Waals surface area (Å²) in [7, 11) is 0. The fourth-order valence-corrected chi connectivity index (χ4v) is 3.27. The molecule has 1 heterocycles. The van der Waals surface area contributed by atoms with Gasteiger partial charge in [0.15, 0.2) is 12.2 Å². The molecule has 1 aliphatic rings. The molecule has 0 bridgehead atoms. The number of ether oxygens (including phenoxy) is 6. The minimum Gasteiger partial charge on any atom is -0.456 e. The van der Waals surface area contributed by atoms with Gasteiger partial charge in [-0.2, -0.15) is 0 Å². The number of hydrogen-bond donors (Lipinski definition) is 1. The molecule has 0 radical (unpaired) electrons. The van der Waals surface area contributed by atoms with Gasteiger partial charge < -0.3 is 28.4 Å². The zero-order valence-electron chi connectivity index (χ0n) is 18.5. The molecule has 13 heteroatoms. The first kappa shape index (κ1) is 28.1. The topological polar surface area (TPSA) is 130 Å². The summed E-state index contributed by atoms with van der Waals surface area (Å²) >= 11 is 17.1. The van der Waals surface area contributed by atoms with Crippen LogP contribution in [0.5, 0.6) is 0 Å². The third-order valence-electron chi connectivity index (χ3n) is 4.38. The lowest BCUT2D eigenvalue weighted by Crippen LogP contribution is -2.63. The van der Waals surface area contributed by atoms with Crippen LogP contribution in [0.4, 0.5) is 0 Å². The molecular formula is C21H24Cl3NO9. The number of alkyl halides is 3. The Hall–Kier alpha value is -2.11.